The Morgan fingerprint density at radius 2 is 2.00 bits per heavy atom. The third-order valence-electron chi connectivity index (χ3n) is 6.78. The summed E-state index contributed by atoms with van der Waals surface area (Å²) in [5.74, 6) is 2.39. The molecule has 2 aromatic rings. The maximum absolute atomic E-state index is 13.0. The van der Waals surface area contributed by atoms with E-state index in [1.165, 1.54) is 30.5 Å². The van der Waals surface area contributed by atoms with Crippen LogP contribution in [0, 0.1) is 5.92 Å². The standard InChI is InChI=1S/C25H31N3O3/c29-25-14-22-13-24-23(30-18-31-24)12-21(22)7-11-28(25)17-20-6-3-10-27(16-20)9-2-5-19-4-1-8-26-15-19/h1,4,8,12-13,15,20H,2-3,5-7,9-11,14,16-18H2. The number of amides is 1. The summed E-state index contributed by atoms with van der Waals surface area (Å²) in [6.45, 7) is 5.34. The molecule has 0 bridgehead atoms. The Balaban J connectivity index is 1.14. The molecule has 0 saturated carbocycles. The Morgan fingerprint density at radius 1 is 1.13 bits per heavy atom. The summed E-state index contributed by atoms with van der Waals surface area (Å²) in [5, 5.41) is 0. The second kappa shape index (κ2) is 9.27. The fraction of sp³-hybridized carbons (Fsp3) is 0.520. The molecular formula is C25H31N3O3. The van der Waals surface area contributed by atoms with E-state index in [1.807, 2.05) is 24.5 Å². The molecule has 3 aliphatic heterocycles. The largest absolute Gasteiger partial charge is 0.454 e. The number of benzene rings is 1. The van der Waals surface area contributed by atoms with E-state index in [-0.39, 0.29) is 12.7 Å². The number of piperidine rings is 1. The molecule has 1 atom stereocenters. The zero-order chi connectivity index (χ0) is 21.0. The van der Waals surface area contributed by atoms with E-state index in [9.17, 15) is 4.79 Å². The van der Waals surface area contributed by atoms with Gasteiger partial charge in [-0.1, -0.05) is 6.07 Å². The highest BCUT2D eigenvalue weighted by molar-refractivity contribution is 5.80. The zero-order valence-electron chi connectivity index (χ0n) is 18.1. The van der Waals surface area contributed by atoms with Crippen molar-refractivity contribution in [2.75, 3.05) is 39.5 Å². The average molecular weight is 422 g/mol. The maximum atomic E-state index is 13.0. The number of aryl methyl sites for hydroxylation is 1. The van der Waals surface area contributed by atoms with Gasteiger partial charge in [0.2, 0.25) is 12.7 Å². The second-order valence-electron chi connectivity index (χ2n) is 9.01. The van der Waals surface area contributed by atoms with Crippen molar-refractivity contribution >= 4 is 5.91 Å². The highest BCUT2D eigenvalue weighted by Gasteiger charge is 2.28. The van der Waals surface area contributed by atoms with E-state index < -0.39 is 0 Å². The summed E-state index contributed by atoms with van der Waals surface area (Å²) in [5.41, 5.74) is 3.63. The van der Waals surface area contributed by atoms with Crippen LogP contribution >= 0.6 is 0 Å². The van der Waals surface area contributed by atoms with Crippen molar-refractivity contribution in [3.63, 3.8) is 0 Å². The van der Waals surface area contributed by atoms with Crippen LogP contribution in [0.2, 0.25) is 0 Å². The minimum absolute atomic E-state index is 0.242. The van der Waals surface area contributed by atoms with Gasteiger partial charge in [-0.15, -0.1) is 0 Å². The molecule has 1 aromatic carbocycles. The number of rotatable bonds is 6. The number of carbonyl (C=O) groups excluding carboxylic acids is 1. The van der Waals surface area contributed by atoms with E-state index in [1.54, 1.807) is 0 Å². The Kier molecular flexibility index (Phi) is 6.07. The fourth-order valence-corrected chi connectivity index (χ4v) is 5.14. The van der Waals surface area contributed by atoms with E-state index >= 15 is 0 Å². The van der Waals surface area contributed by atoms with Gasteiger partial charge in [-0.3, -0.25) is 9.78 Å². The van der Waals surface area contributed by atoms with Crippen LogP contribution in [0.4, 0.5) is 0 Å². The lowest BCUT2D eigenvalue weighted by molar-refractivity contribution is -0.131. The normalized spacial score (nSPS) is 21.1. The van der Waals surface area contributed by atoms with Crippen molar-refractivity contribution < 1.29 is 14.3 Å². The summed E-state index contributed by atoms with van der Waals surface area (Å²) in [6, 6.07) is 8.24. The Bertz CT molecular complexity index is 918. The van der Waals surface area contributed by atoms with Crippen molar-refractivity contribution in [1.82, 2.24) is 14.8 Å². The quantitative estimate of drug-likeness (QED) is 0.718. The minimum Gasteiger partial charge on any atom is -0.454 e. The molecule has 1 fully saturated rings. The molecule has 0 N–H and O–H groups in total. The number of pyridine rings is 1. The molecule has 1 unspecified atom stereocenters. The third kappa shape index (κ3) is 4.85. The summed E-state index contributed by atoms with van der Waals surface area (Å²) >= 11 is 0. The van der Waals surface area contributed by atoms with Gasteiger partial charge < -0.3 is 19.3 Å². The Labute approximate surface area is 184 Å². The molecule has 5 rings (SSSR count). The topological polar surface area (TPSA) is 54.9 Å². The first-order valence-corrected chi connectivity index (χ1v) is 11.5. The lowest BCUT2D eigenvalue weighted by Crippen LogP contribution is -2.43. The van der Waals surface area contributed by atoms with Crippen LogP contribution in [0.3, 0.4) is 0 Å². The van der Waals surface area contributed by atoms with Crippen LogP contribution in [-0.2, 0) is 24.1 Å². The number of fused-ring (bicyclic) bond motifs is 2. The summed E-state index contributed by atoms with van der Waals surface area (Å²) < 4.78 is 11.0. The predicted octanol–water partition coefficient (Wildman–Crippen LogP) is 3.08. The van der Waals surface area contributed by atoms with Gasteiger partial charge in [0.1, 0.15) is 0 Å². The van der Waals surface area contributed by atoms with Gasteiger partial charge >= 0.3 is 0 Å². The van der Waals surface area contributed by atoms with Gasteiger partial charge in [0.15, 0.2) is 11.5 Å². The van der Waals surface area contributed by atoms with Crippen LogP contribution in [0.5, 0.6) is 11.5 Å². The fourth-order valence-electron chi connectivity index (χ4n) is 5.14. The molecule has 1 amide bonds. The van der Waals surface area contributed by atoms with Crippen LogP contribution < -0.4 is 9.47 Å². The molecule has 0 spiro atoms. The van der Waals surface area contributed by atoms with Gasteiger partial charge in [-0.05, 0) is 86.0 Å². The number of carbonyl (C=O) groups is 1. The molecule has 6 heteroatoms. The number of hydrogen-bond acceptors (Lipinski definition) is 5. The van der Waals surface area contributed by atoms with Crippen LogP contribution in [0.1, 0.15) is 36.0 Å². The van der Waals surface area contributed by atoms with Gasteiger partial charge in [0.25, 0.3) is 0 Å². The molecule has 0 aliphatic carbocycles. The predicted molar refractivity (Wildman–Crippen MR) is 118 cm³/mol. The second-order valence-corrected chi connectivity index (χ2v) is 9.01. The average Bonchev–Trinajstić information content (AvgIpc) is 3.18. The molecule has 31 heavy (non-hydrogen) atoms. The highest BCUT2D eigenvalue weighted by Crippen LogP contribution is 2.36. The van der Waals surface area contributed by atoms with E-state index in [2.05, 4.69) is 26.9 Å². The maximum Gasteiger partial charge on any atom is 0.231 e. The van der Waals surface area contributed by atoms with Crippen molar-refractivity contribution in [3.05, 3.63) is 53.3 Å². The third-order valence-corrected chi connectivity index (χ3v) is 6.78. The summed E-state index contributed by atoms with van der Waals surface area (Å²) in [7, 11) is 0. The Morgan fingerprint density at radius 3 is 2.84 bits per heavy atom. The van der Waals surface area contributed by atoms with Gasteiger partial charge in [-0.2, -0.15) is 0 Å². The number of hydrogen-bond donors (Lipinski definition) is 0. The summed E-state index contributed by atoms with van der Waals surface area (Å²) in [4.78, 5) is 21.9. The van der Waals surface area contributed by atoms with Crippen molar-refractivity contribution in [3.8, 4) is 11.5 Å². The van der Waals surface area contributed by atoms with Crippen LogP contribution in [0.15, 0.2) is 36.7 Å². The number of likely N-dealkylation sites (tertiary alicyclic amines) is 1. The van der Waals surface area contributed by atoms with E-state index in [0.29, 0.717) is 12.3 Å². The van der Waals surface area contributed by atoms with Gasteiger partial charge in [0, 0.05) is 32.0 Å². The van der Waals surface area contributed by atoms with Gasteiger partial charge in [-0.25, -0.2) is 0 Å². The van der Waals surface area contributed by atoms with E-state index in [0.717, 1.165) is 62.5 Å². The SMILES string of the molecule is O=C1Cc2cc3c(cc2CCN1CC1CCCN(CCCc2cccnc2)C1)OCO3. The highest BCUT2D eigenvalue weighted by atomic mass is 16.7. The molecule has 0 radical (unpaired) electrons. The minimum atomic E-state index is 0.242. The monoisotopic (exact) mass is 421 g/mol. The molecule has 3 aliphatic rings. The van der Waals surface area contributed by atoms with Crippen molar-refractivity contribution in [2.45, 2.75) is 38.5 Å². The first kappa shape index (κ1) is 20.3. The lowest BCUT2D eigenvalue weighted by Gasteiger charge is -2.35. The van der Waals surface area contributed by atoms with Gasteiger partial charge in [0.05, 0.1) is 6.42 Å². The first-order valence-electron chi connectivity index (χ1n) is 11.5. The number of nitrogens with zero attached hydrogens (tertiary/aromatic N) is 3. The van der Waals surface area contributed by atoms with Crippen molar-refractivity contribution in [1.29, 1.82) is 0 Å². The van der Waals surface area contributed by atoms with Crippen molar-refractivity contribution in [2.24, 2.45) is 5.92 Å². The number of ether oxygens (including phenoxy) is 2. The molecule has 6 nitrogen and oxygen atoms in total. The van der Waals surface area contributed by atoms with Crippen LogP contribution in [0.25, 0.3) is 0 Å². The molecular weight excluding hydrogens is 390 g/mol. The summed E-state index contributed by atoms with van der Waals surface area (Å²) in [6.07, 6.45) is 9.82. The lowest BCUT2D eigenvalue weighted by atomic mass is 9.96. The number of aromatic nitrogens is 1. The first-order chi connectivity index (χ1) is 15.2. The molecule has 1 saturated heterocycles. The van der Waals surface area contributed by atoms with Crippen LogP contribution in [-0.4, -0.2) is 60.2 Å². The smallest absolute Gasteiger partial charge is 0.231 e. The Hall–Kier alpha value is -2.60. The molecule has 164 valence electrons. The molecule has 4 heterocycles. The molecule has 1 aromatic heterocycles. The zero-order valence-corrected chi connectivity index (χ0v) is 18.1. The van der Waals surface area contributed by atoms with E-state index in [4.69, 9.17) is 9.47 Å².